The molecule has 3 heteroatoms. The molecule has 1 aliphatic rings. The second-order valence-corrected chi connectivity index (χ2v) is 3.74. The standard InChI is InChI=1S/C11H19NO2/c1-2-5-11(14)12-8-4-3-6-10(12)7-9-13/h2,10,13H,1,3-9H2. The summed E-state index contributed by atoms with van der Waals surface area (Å²) in [4.78, 5) is 13.6. The van der Waals surface area contributed by atoms with Gasteiger partial charge < -0.3 is 10.0 Å². The van der Waals surface area contributed by atoms with E-state index in [2.05, 4.69) is 6.58 Å². The number of aliphatic hydroxyl groups is 1. The van der Waals surface area contributed by atoms with Crippen molar-refractivity contribution in [2.75, 3.05) is 13.2 Å². The Kier molecular flexibility index (Phi) is 4.66. The summed E-state index contributed by atoms with van der Waals surface area (Å²) in [6.45, 7) is 4.58. The van der Waals surface area contributed by atoms with Crippen molar-refractivity contribution in [3.8, 4) is 0 Å². The predicted octanol–water partition coefficient (Wildman–Crippen LogP) is 1.33. The number of aliphatic hydroxyl groups excluding tert-OH is 1. The molecule has 0 saturated carbocycles. The fraction of sp³-hybridized carbons (Fsp3) is 0.727. The van der Waals surface area contributed by atoms with Crippen molar-refractivity contribution in [3.05, 3.63) is 12.7 Å². The summed E-state index contributed by atoms with van der Waals surface area (Å²) in [7, 11) is 0. The lowest BCUT2D eigenvalue weighted by molar-refractivity contribution is -0.134. The van der Waals surface area contributed by atoms with Crippen molar-refractivity contribution >= 4 is 5.91 Å². The van der Waals surface area contributed by atoms with E-state index in [1.54, 1.807) is 6.08 Å². The van der Waals surface area contributed by atoms with E-state index in [4.69, 9.17) is 5.11 Å². The molecular formula is C11H19NO2. The van der Waals surface area contributed by atoms with Crippen molar-refractivity contribution in [2.45, 2.75) is 38.1 Å². The second kappa shape index (κ2) is 5.81. The molecular weight excluding hydrogens is 178 g/mol. The topological polar surface area (TPSA) is 40.5 Å². The average Bonchev–Trinajstić information content (AvgIpc) is 2.19. The maximum Gasteiger partial charge on any atom is 0.226 e. The minimum absolute atomic E-state index is 0.151. The second-order valence-electron chi connectivity index (χ2n) is 3.74. The summed E-state index contributed by atoms with van der Waals surface area (Å²) in [5.74, 6) is 0.151. The van der Waals surface area contributed by atoms with Crippen molar-refractivity contribution < 1.29 is 9.90 Å². The van der Waals surface area contributed by atoms with Gasteiger partial charge in [0.05, 0.1) is 0 Å². The normalized spacial score (nSPS) is 22.1. The van der Waals surface area contributed by atoms with Gasteiger partial charge in [-0.05, 0) is 25.7 Å². The van der Waals surface area contributed by atoms with Crippen LogP contribution in [0.2, 0.25) is 0 Å². The number of nitrogens with zero attached hydrogens (tertiary/aromatic N) is 1. The summed E-state index contributed by atoms with van der Waals surface area (Å²) < 4.78 is 0. The van der Waals surface area contributed by atoms with Crippen molar-refractivity contribution in [1.82, 2.24) is 4.90 Å². The van der Waals surface area contributed by atoms with Gasteiger partial charge in [0, 0.05) is 25.6 Å². The zero-order chi connectivity index (χ0) is 10.4. The zero-order valence-corrected chi connectivity index (χ0v) is 8.61. The lowest BCUT2D eigenvalue weighted by Gasteiger charge is -2.35. The van der Waals surface area contributed by atoms with Crippen molar-refractivity contribution in [1.29, 1.82) is 0 Å². The number of rotatable bonds is 4. The van der Waals surface area contributed by atoms with E-state index in [-0.39, 0.29) is 18.6 Å². The highest BCUT2D eigenvalue weighted by Crippen LogP contribution is 2.20. The highest BCUT2D eigenvalue weighted by Gasteiger charge is 2.24. The maximum atomic E-state index is 11.7. The van der Waals surface area contributed by atoms with E-state index < -0.39 is 0 Å². The van der Waals surface area contributed by atoms with Crippen LogP contribution in [0, 0.1) is 0 Å². The third-order valence-electron chi connectivity index (χ3n) is 2.73. The number of hydrogen-bond acceptors (Lipinski definition) is 2. The summed E-state index contributed by atoms with van der Waals surface area (Å²) in [5.41, 5.74) is 0. The summed E-state index contributed by atoms with van der Waals surface area (Å²) in [6.07, 6.45) is 6.06. The highest BCUT2D eigenvalue weighted by molar-refractivity contribution is 5.78. The molecule has 1 unspecified atom stereocenters. The quantitative estimate of drug-likeness (QED) is 0.691. The lowest BCUT2D eigenvalue weighted by Crippen LogP contribution is -2.43. The van der Waals surface area contributed by atoms with Crippen LogP contribution in [0.4, 0.5) is 0 Å². The molecule has 1 heterocycles. The fourth-order valence-corrected chi connectivity index (χ4v) is 2.02. The first kappa shape index (κ1) is 11.2. The Morgan fingerprint density at radius 2 is 2.36 bits per heavy atom. The molecule has 1 aliphatic heterocycles. The van der Waals surface area contributed by atoms with E-state index in [9.17, 15) is 4.79 Å². The van der Waals surface area contributed by atoms with Gasteiger partial charge in [0.15, 0.2) is 0 Å². The van der Waals surface area contributed by atoms with Crippen LogP contribution < -0.4 is 0 Å². The molecule has 1 fully saturated rings. The fourth-order valence-electron chi connectivity index (χ4n) is 2.02. The molecule has 1 saturated heterocycles. The van der Waals surface area contributed by atoms with Crippen LogP contribution in [-0.2, 0) is 4.79 Å². The largest absolute Gasteiger partial charge is 0.396 e. The molecule has 0 spiro atoms. The van der Waals surface area contributed by atoms with Crippen LogP contribution in [0.15, 0.2) is 12.7 Å². The van der Waals surface area contributed by atoms with Gasteiger partial charge in [-0.2, -0.15) is 0 Å². The van der Waals surface area contributed by atoms with Gasteiger partial charge in [-0.15, -0.1) is 6.58 Å². The molecule has 80 valence electrons. The van der Waals surface area contributed by atoms with Gasteiger partial charge in [-0.1, -0.05) is 6.08 Å². The van der Waals surface area contributed by atoms with Crippen molar-refractivity contribution in [3.63, 3.8) is 0 Å². The molecule has 0 aromatic rings. The van der Waals surface area contributed by atoms with Crippen LogP contribution in [0.5, 0.6) is 0 Å². The van der Waals surface area contributed by atoms with Crippen LogP contribution in [-0.4, -0.2) is 35.1 Å². The Morgan fingerprint density at radius 1 is 1.57 bits per heavy atom. The minimum atomic E-state index is 0.151. The molecule has 1 N–H and O–H groups in total. The smallest absolute Gasteiger partial charge is 0.226 e. The van der Waals surface area contributed by atoms with Gasteiger partial charge >= 0.3 is 0 Å². The molecule has 1 rings (SSSR count). The van der Waals surface area contributed by atoms with E-state index in [1.165, 1.54) is 6.42 Å². The third-order valence-corrected chi connectivity index (χ3v) is 2.73. The van der Waals surface area contributed by atoms with Gasteiger partial charge in [-0.3, -0.25) is 4.79 Å². The summed E-state index contributed by atoms with van der Waals surface area (Å²) in [6, 6.07) is 0.251. The Labute approximate surface area is 85.4 Å². The molecule has 0 aliphatic carbocycles. The molecule has 0 aromatic carbocycles. The van der Waals surface area contributed by atoms with Gasteiger partial charge in [0.1, 0.15) is 0 Å². The lowest BCUT2D eigenvalue weighted by atomic mass is 9.99. The Bertz CT molecular complexity index is 201. The number of likely N-dealkylation sites (tertiary alicyclic amines) is 1. The van der Waals surface area contributed by atoms with E-state index in [0.717, 1.165) is 19.4 Å². The average molecular weight is 197 g/mol. The molecule has 0 radical (unpaired) electrons. The first-order valence-electron chi connectivity index (χ1n) is 5.30. The SMILES string of the molecule is C=CCC(=O)N1CCCCC1CCO. The van der Waals surface area contributed by atoms with E-state index >= 15 is 0 Å². The van der Waals surface area contributed by atoms with Crippen LogP contribution in [0.25, 0.3) is 0 Å². The number of amides is 1. The zero-order valence-electron chi connectivity index (χ0n) is 8.61. The van der Waals surface area contributed by atoms with Crippen LogP contribution in [0.3, 0.4) is 0 Å². The molecule has 0 bridgehead atoms. The van der Waals surface area contributed by atoms with Crippen LogP contribution >= 0.6 is 0 Å². The Morgan fingerprint density at radius 3 is 3.00 bits per heavy atom. The van der Waals surface area contributed by atoms with Gasteiger partial charge in [-0.25, -0.2) is 0 Å². The maximum absolute atomic E-state index is 11.7. The molecule has 1 atom stereocenters. The Hall–Kier alpha value is -0.830. The van der Waals surface area contributed by atoms with E-state index in [1.807, 2.05) is 4.90 Å². The number of hydrogen-bond donors (Lipinski definition) is 1. The predicted molar refractivity (Wildman–Crippen MR) is 55.9 cm³/mol. The molecule has 0 aromatic heterocycles. The van der Waals surface area contributed by atoms with Gasteiger partial charge in [0.2, 0.25) is 5.91 Å². The minimum Gasteiger partial charge on any atom is -0.396 e. The third kappa shape index (κ3) is 2.84. The number of carbonyl (C=O) groups excluding carboxylic acids is 1. The molecule has 1 amide bonds. The summed E-state index contributed by atoms with van der Waals surface area (Å²) >= 11 is 0. The number of carbonyl (C=O) groups is 1. The number of piperidine rings is 1. The molecule has 3 nitrogen and oxygen atoms in total. The molecule has 14 heavy (non-hydrogen) atoms. The first-order valence-corrected chi connectivity index (χ1v) is 5.30. The van der Waals surface area contributed by atoms with Crippen LogP contribution in [0.1, 0.15) is 32.1 Å². The summed E-state index contributed by atoms with van der Waals surface area (Å²) in [5, 5.41) is 8.89. The Balaban J connectivity index is 2.52. The monoisotopic (exact) mass is 197 g/mol. The van der Waals surface area contributed by atoms with E-state index in [0.29, 0.717) is 12.8 Å². The van der Waals surface area contributed by atoms with Crippen molar-refractivity contribution in [2.24, 2.45) is 0 Å². The first-order chi connectivity index (χ1) is 6.79. The highest BCUT2D eigenvalue weighted by atomic mass is 16.3. The van der Waals surface area contributed by atoms with Gasteiger partial charge in [0.25, 0.3) is 0 Å².